The Hall–Kier alpha value is -1.43. The van der Waals surface area contributed by atoms with Crippen molar-refractivity contribution in [1.82, 2.24) is 10.2 Å². The maximum absolute atomic E-state index is 12.3. The highest BCUT2D eigenvalue weighted by molar-refractivity contribution is 5.85. The molecule has 23 heavy (non-hydrogen) atoms. The van der Waals surface area contributed by atoms with Gasteiger partial charge >= 0.3 is 0 Å². The molecule has 128 valence electrons. The van der Waals surface area contributed by atoms with Gasteiger partial charge in [-0.1, -0.05) is 37.6 Å². The molecule has 3 N–H and O–H groups in total. The summed E-state index contributed by atoms with van der Waals surface area (Å²) in [4.78, 5) is 14.6. The van der Waals surface area contributed by atoms with Gasteiger partial charge in [-0.05, 0) is 24.5 Å². The van der Waals surface area contributed by atoms with Gasteiger partial charge in [0.15, 0.2) is 0 Å². The highest BCUT2D eigenvalue weighted by Gasteiger charge is 2.26. The molecule has 1 heterocycles. The molecule has 5 heteroatoms. The monoisotopic (exact) mass is 319 g/mol. The van der Waals surface area contributed by atoms with Gasteiger partial charge in [0, 0.05) is 26.2 Å². The van der Waals surface area contributed by atoms with Crippen LogP contribution in [0.4, 0.5) is 0 Å². The van der Waals surface area contributed by atoms with Gasteiger partial charge in [-0.25, -0.2) is 0 Å². The smallest absolute Gasteiger partial charge is 0.240 e. The summed E-state index contributed by atoms with van der Waals surface area (Å²) in [6, 6.07) is 8.26. The molecular formula is C18H29N3O2. The summed E-state index contributed by atoms with van der Waals surface area (Å²) in [5.41, 5.74) is 7.70. The topological polar surface area (TPSA) is 67.6 Å². The standard InChI is InChI=1S/C18H29N3O2/c1-3-8-18(2,19)17(22)20-13-15-6-4-5-7-16(15)14-21-9-11-23-12-10-21/h4-7H,3,8-14,19H2,1-2H3,(H,20,22). The molecule has 0 aliphatic carbocycles. The number of rotatable bonds is 7. The number of hydrogen-bond acceptors (Lipinski definition) is 4. The average molecular weight is 319 g/mol. The fourth-order valence-corrected chi connectivity index (χ4v) is 2.89. The first-order valence-electron chi connectivity index (χ1n) is 8.47. The molecule has 1 amide bonds. The lowest BCUT2D eigenvalue weighted by molar-refractivity contribution is -0.126. The normalized spacial score (nSPS) is 18.4. The van der Waals surface area contributed by atoms with Crippen LogP contribution in [0.3, 0.4) is 0 Å². The van der Waals surface area contributed by atoms with Crippen LogP contribution in [0.5, 0.6) is 0 Å². The lowest BCUT2D eigenvalue weighted by Gasteiger charge is -2.28. The average Bonchev–Trinajstić information content (AvgIpc) is 2.54. The highest BCUT2D eigenvalue weighted by atomic mass is 16.5. The highest BCUT2D eigenvalue weighted by Crippen LogP contribution is 2.14. The summed E-state index contributed by atoms with van der Waals surface area (Å²) >= 11 is 0. The lowest BCUT2D eigenvalue weighted by atomic mass is 9.96. The Bertz CT molecular complexity index is 511. The van der Waals surface area contributed by atoms with Gasteiger partial charge in [-0.3, -0.25) is 9.69 Å². The quantitative estimate of drug-likeness (QED) is 0.802. The van der Waals surface area contributed by atoms with Crippen LogP contribution in [0.1, 0.15) is 37.8 Å². The van der Waals surface area contributed by atoms with E-state index >= 15 is 0 Å². The van der Waals surface area contributed by atoms with Gasteiger partial charge in [-0.15, -0.1) is 0 Å². The molecule has 1 aliphatic heterocycles. The Morgan fingerprint density at radius 3 is 2.61 bits per heavy atom. The summed E-state index contributed by atoms with van der Waals surface area (Å²) in [5, 5.41) is 2.99. The van der Waals surface area contributed by atoms with Crippen LogP contribution in [-0.2, 0) is 22.6 Å². The molecule has 5 nitrogen and oxygen atoms in total. The summed E-state index contributed by atoms with van der Waals surface area (Å²) in [6.45, 7) is 8.75. The number of morpholine rings is 1. The number of nitrogens with zero attached hydrogens (tertiary/aromatic N) is 1. The third-order valence-corrected chi connectivity index (χ3v) is 4.34. The van der Waals surface area contributed by atoms with E-state index in [1.54, 1.807) is 6.92 Å². The fourth-order valence-electron chi connectivity index (χ4n) is 2.89. The van der Waals surface area contributed by atoms with Gasteiger partial charge in [0.05, 0.1) is 18.8 Å². The molecule has 1 fully saturated rings. The van der Waals surface area contributed by atoms with E-state index in [1.807, 2.05) is 19.1 Å². The largest absolute Gasteiger partial charge is 0.379 e. The van der Waals surface area contributed by atoms with Crippen LogP contribution < -0.4 is 11.1 Å². The van der Waals surface area contributed by atoms with Gasteiger partial charge < -0.3 is 15.8 Å². The predicted molar refractivity (Wildman–Crippen MR) is 91.9 cm³/mol. The van der Waals surface area contributed by atoms with E-state index in [0.717, 1.165) is 44.8 Å². The molecule has 1 saturated heterocycles. The Kier molecular flexibility index (Phi) is 6.57. The van der Waals surface area contributed by atoms with E-state index in [0.29, 0.717) is 13.0 Å². The SMILES string of the molecule is CCCC(C)(N)C(=O)NCc1ccccc1CN1CCOCC1. The second-order valence-electron chi connectivity index (χ2n) is 6.51. The first-order valence-corrected chi connectivity index (χ1v) is 8.47. The molecule has 2 rings (SSSR count). The summed E-state index contributed by atoms with van der Waals surface area (Å²) < 4.78 is 5.39. The Labute approximate surface area is 139 Å². The third-order valence-electron chi connectivity index (χ3n) is 4.34. The van der Waals surface area contributed by atoms with Gasteiger partial charge in [0.2, 0.25) is 5.91 Å². The first-order chi connectivity index (χ1) is 11.0. The molecule has 0 aromatic heterocycles. The number of carbonyl (C=O) groups is 1. The molecule has 1 aromatic carbocycles. The number of benzene rings is 1. The summed E-state index contributed by atoms with van der Waals surface area (Å²) in [6.07, 6.45) is 1.59. The third kappa shape index (κ3) is 5.30. The maximum atomic E-state index is 12.3. The van der Waals surface area contributed by atoms with Crippen molar-refractivity contribution in [1.29, 1.82) is 0 Å². The van der Waals surface area contributed by atoms with Crippen molar-refractivity contribution in [3.05, 3.63) is 35.4 Å². The molecule has 0 radical (unpaired) electrons. The first kappa shape index (κ1) is 17.9. The fraction of sp³-hybridized carbons (Fsp3) is 0.611. The number of hydrogen-bond donors (Lipinski definition) is 2. The molecular weight excluding hydrogens is 290 g/mol. The minimum atomic E-state index is -0.798. The van der Waals surface area contributed by atoms with Crippen LogP contribution in [-0.4, -0.2) is 42.6 Å². The molecule has 1 unspecified atom stereocenters. The van der Waals surface area contributed by atoms with Crippen LogP contribution in [0, 0.1) is 0 Å². The van der Waals surface area contributed by atoms with Gasteiger partial charge in [0.1, 0.15) is 0 Å². The van der Waals surface area contributed by atoms with Crippen LogP contribution in [0.2, 0.25) is 0 Å². The van der Waals surface area contributed by atoms with E-state index < -0.39 is 5.54 Å². The van der Waals surface area contributed by atoms with E-state index in [2.05, 4.69) is 22.3 Å². The number of carbonyl (C=O) groups excluding carboxylic acids is 1. The van der Waals surface area contributed by atoms with Gasteiger partial charge in [0.25, 0.3) is 0 Å². The number of nitrogens with one attached hydrogen (secondary N) is 1. The zero-order valence-corrected chi connectivity index (χ0v) is 14.3. The van der Waals surface area contributed by atoms with Crippen molar-refractivity contribution in [2.45, 2.75) is 45.3 Å². The van der Waals surface area contributed by atoms with Crippen LogP contribution >= 0.6 is 0 Å². The zero-order chi connectivity index (χ0) is 16.7. The minimum absolute atomic E-state index is 0.0828. The van der Waals surface area contributed by atoms with Crippen molar-refractivity contribution in [2.75, 3.05) is 26.3 Å². The maximum Gasteiger partial charge on any atom is 0.240 e. The molecule has 0 spiro atoms. The van der Waals surface area contributed by atoms with Crippen molar-refractivity contribution in [3.63, 3.8) is 0 Å². The minimum Gasteiger partial charge on any atom is -0.379 e. The predicted octanol–water partition coefficient (Wildman–Crippen LogP) is 1.65. The van der Waals surface area contributed by atoms with E-state index in [1.165, 1.54) is 5.56 Å². The van der Waals surface area contributed by atoms with Crippen LogP contribution in [0.25, 0.3) is 0 Å². The second kappa shape index (κ2) is 8.43. The van der Waals surface area contributed by atoms with Crippen molar-refractivity contribution < 1.29 is 9.53 Å². The molecule has 1 atom stereocenters. The van der Waals surface area contributed by atoms with Crippen molar-refractivity contribution in [2.24, 2.45) is 5.73 Å². The van der Waals surface area contributed by atoms with Crippen molar-refractivity contribution >= 4 is 5.91 Å². The number of amides is 1. The van der Waals surface area contributed by atoms with E-state index in [9.17, 15) is 4.79 Å². The zero-order valence-electron chi connectivity index (χ0n) is 14.3. The summed E-state index contributed by atoms with van der Waals surface area (Å²) in [5.74, 6) is -0.0828. The van der Waals surface area contributed by atoms with E-state index in [-0.39, 0.29) is 5.91 Å². The van der Waals surface area contributed by atoms with Crippen molar-refractivity contribution in [3.8, 4) is 0 Å². The molecule has 0 saturated carbocycles. The molecule has 1 aromatic rings. The number of nitrogens with two attached hydrogens (primary N) is 1. The lowest BCUT2D eigenvalue weighted by Crippen LogP contribution is -2.51. The number of ether oxygens (including phenoxy) is 1. The second-order valence-corrected chi connectivity index (χ2v) is 6.51. The van der Waals surface area contributed by atoms with Crippen LogP contribution in [0.15, 0.2) is 24.3 Å². The Morgan fingerprint density at radius 2 is 1.96 bits per heavy atom. The Morgan fingerprint density at radius 1 is 1.30 bits per heavy atom. The van der Waals surface area contributed by atoms with Gasteiger partial charge in [-0.2, -0.15) is 0 Å². The van der Waals surface area contributed by atoms with E-state index in [4.69, 9.17) is 10.5 Å². The summed E-state index contributed by atoms with van der Waals surface area (Å²) in [7, 11) is 0. The molecule has 0 bridgehead atoms. The molecule has 1 aliphatic rings. The Balaban J connectivity index is 1.96.